The molecule has 5 heteroatoms. The lowest BCUT2D eigenvalue weighted by atomic mass is 9.90. The minimum Gasteiger partial charge on any atom is -0.339 e. The molecule has 0 aromatic carbocycles. The van der Waals surface area contributed by atoms with Gasteiger partial charge in [0.15, 0.2) is 0 Å². The molecule has 0 aromatic rings. The first-order chi connectivity index (χ1) is 9.52. The van der Waals surface area contributed by atoms with Crippen molar-refractivity contribution in [3.05, 3.63) is 0 Å². The summed E-state index contributed by atoms with van der Waals surface area (Å²) in [5, 5.41) is 0. The summed E-state index contributed by atoms with van der Waals surface area (Å²) >= 11 is 0. The van der Waals surface area contributed by atoms with E-state index in [-0.39, 0.29) is 28.8 Å². The van der Waals surface area contributed by atoms with Crippen molar-refractivity contribution in [3.63, 3.8) is 0 Å². The van der Waals surface area contributed by atoms with Crippen LogP contribution in [0.1, 0.15) is 41.5 Å². The number of nitrogens with zero attached hydrogens (tertiary/aromatic N) is 3. The molecule has 2 amide bonds. The molecule has 0 spiro atoms. The van der Waals surface area contributed by atoms with E-state index < -0.39 is 0 Å². The molecule has 2 aliphatic heterocycles. The average Bonchev–Trinajstić information content (AvgIpc) is 2.35. The van der Waals surface area contributed by atoms with Crippen LogP contribution in [0.4, 0.5) is 0 Å². The van der Waals surface area contributed by atoms with Gasteiger partial charge in [-0.05, 0) is 13.8 Å². The molecule has 0 N–H and O–H groups in total. The van der Waals surface area contributed by atoms with Crippen LogP contribution in [0, 0.1) is 5.41 Å². The molecule has 0 saturated carbocycles. The van der Waals surface area contributed by atoms with Crippen molar-refractivity contribution in [2.24, 2.45) is 5.41 Å². The second-order valence-electron chi connectivity index (χ2n) is 8.06. The molecule has 0 bridgehead atoms. The van der Waals surface area contributed by atoms with E-state index in [0.29, 0.717) is 0 Å². The monoisotopic (exact) mass is 295 g/mol. The maximum atomic E-state index is 12.5. The fraction of sp³-hybridized carbons (Fsp3) is 0.875. The first-order valence-corrected chi connectivity index (χ1v) is 7.84. The van der Waals surface area contributed by atoms with Crippen LogP contribution in [0.2, 0.25) is 0 Å². The maximum absolute atomic E-state index is 12.5. The molecule has 2 rings (SSSR count). The minimum atomic E-state index is -0.341. The average molecular weight is 295 g/mol. The Balaban J connectivity index is 2.14. The van der Waals surface area contributed by atoms with Gasteiger partial charge in [0.2, 0.25) is 11.8 Å². The second-order valence-corrected chi connectivity index (χ2v) is 8.06. The Bertz CT molecular complexity index is 439. The lowest BCUT2D eigenvalue weighted by Gasteiger charge is -2.55. The van der Waals surface area contributed by atoms with Gasteiger partial charge in [-0.3, -0.25) is 14.5 Å². The minimum absolute atomic E-state index is 0.0224. The van der Waals surface area contributed by atoms with E-state index >= 15 is 0 Å². The van der Waals surface area contributed by atoms with Crippen LogP contribution in [0.25, 0.3) is 0 Å². The van der Waals surface area contributed by atoms with E-state index in [1.54, 1.807) is 6.92 Å². The summed E-state index contributed by atoms with van der Waals surface area (Å²) in [6.45, 7) is 15.8. The summed E-state index contributed by atoms with van der Waals surface area (Å²) in [7, 11) is 0. The molecule has 2 saturated heterocycles. The summed E-state index contributed by atoms with van der Waals surface area (Å²) < 4.78 is 0. The number of carbonyl (C=O) groups is 2. The number of hydrogen-bond donors (Lipinski definition) is 0. The Kier molecular flexibility index (Phi) is 4.08. The highest BCUT2D eigenvalue weighted by Gasteiger charge is 2.44. The van der Waals surface area contributed by atoms with Gasteiger partial charge in [-0.15, -0.1) is 0 Å². The Morgan fingerprint density at radius 2 is 1.62 bits per heavy atom. The van der Waals surface area contributed by atoms with Gasteiger partial charge < -0.3 is 9.80 Å². The maximum Gasteiger partial charge on any atom is 0.228 e. The van der Waals surface area contributed by atoms with Crippen LogP contribution in [0.5, 0.6) is 0 Å². The number of rotatable bonds is 0. The molecule has 21 heavy (non-hydrogen) atoms. The SMILES string of the molecule is CC(=O)N1CC2CN(C(=O)C(C)(C)C)CCN2C(C)(C)C1. The molecule has 0 aromatic heterocycles. The molecule has 2 heterocycles. The standard InChI is InChI=1S/C16H29N3O2/c1-12(20)18-10-13-9-17(14(21)15(2,3)4)7-8-19(13)16(5,6)11-18/h13H,7-11H2,1-6H3. The zero-order chi connectivity index (χ0) is 16.0. The van der Waals surface area contributed by atoms with E-state index in [1.165, 1.54) is 0 Å². The van der Waals surface area contributed by atoms with E-state index in [9.17, 15) is 9.59 Å². The smallest absolute Gasteiger partial charge is 0.228 e. The number of hydrogen-bond acceptors (Lipinski definition) is 3. The Morgan fingerprint density at radius 1 is 1.05 bits per heavy atom. The van der Waals surface area contributed by atoms with Crippen molar-refractivity contribution in [3.8, 4) is 0 Å². The van der Waals surface area contributed by atoms with E-state index in [0.717, 1.165) is 32.7 Å². The van der Waals surface area contributed by atoms with Crippen LogP contribution in [-0.4, -0.2) is 70.8 Å². The molecular weight excluding hydrogens is 266 g/mol. The summed E-state index contributed by atoms with van der Waals surface area (Å²) in [6, 6.07) is 0.248. The van der Waals surface area contributed by atoms with Crippen molar-refractivity contribution < 1.29 is 9.59 Å². The van der Waals surface area contributed by atoms with Gasteiger partial charge in [-0.1, -0.05) is 20.8 Å². The highest BCUT2D eigenvalue weighted by atomic mass is 16.2. The molecule has 2 aliphatic rings. The topological polar surface area (TPSA) is 43.9 Å². The normalized spacial score (nSPS) is 26.5. The predicted octanol–water partition coefficient (Wildman–Crippen LogP) is 1.19. The van der Waals surface area contributed by atoms with Crippen LogP contribution in [0.15, 0.2) is 0 Å². The molecule has 1 unspecified atom stereocenters. The third-order valence-electron chi connectivity index (χ3n) is 4.64. The van der Waals surface area contributed by atoms with Crippen LogP contribution in [-0.2, 0) is 9.59 Å². The van der Waals surface area contributed by atoms with Crippen molar-refractivity contribution >= 4 is 11.8 Å². The van der Waals surface area contributed by atoms with Gasteiger partial charge in [-0.2, -0.15) is 0 Å². The fourth-order valence-electron chi connectivity index (χ4n) is 3.58. The summed E-state index contributed by atoms with van der Waals surface area (Å²) in [5.74, 6) is 0.335. The van der Waals surface area contributed by atoms with Gasteiger partial charge in [0.1, 0.15) is 0 Å². The summed E-state index contributed by atoms with van der Waals surface area (Å²) in [5.41, 5.74) is -0.363. The number of piperazine rings is 2. The van der Waals surface area contributed by atoms with Crippen LogP contribution >= 0.6 is 0 Å². The van der Waals surface area contributed by atoms with Crippen molar-refractivity contribution in [2.75, 3.05) is 32.7 Å². The Labute approximate surface area is 128 Å². The quantitative estimate of drug-likeness (QED) is 0.674. The lowest BCUT2D eigenvalue weighted by molar-refractivity contribution is -0.150. The molecule has 0 radical (unpaired) electrons. The van der Waals surface area contributed by atoms with Gasteiger partial charge in [0, 0.05) is 56.6 Å². The van der Waals surface area contributed by atoms with Crippen LogP contribution in [0.3, 0.4) is 0 Å². The molecule has 5 nitrogen and oxygen atoms in total. The first kappa shape index (κ1) is 16.3. The van der Waals surface area contributed by atoms with Gasteiger partial charge >= 0.3 is 0 Å². The van der Waals surface area contributed by atoms with E-state index in [4.69, 9.17) is 0 Å². The van der Waals surface area contributed by atoms with Gasteiger partial charge in [0.05, 0.1) is 0 Å². The fourth-order valence-corrected chi connectivity index (χ4v) is 3.58. The molecule has 0 aliphatic carbocycles. The zero-order valence-corrected chi connectivity index (χ0v) is 14.3. The Hall–Kier alpha value is -1.10. The summed E-state index contributed by atoms with van der Waals surface area (Å²) in [6.07, 6.45) is 0. The molecule has 2 fully saturated rings. The third-order valence-corrected chi connectivity index (χ3v) is 4.64. The summed E-state index contributed by atoms with van der Waals surface area (Å²) in [4.78, 5) is 30.6. The number of fused-ring (bicyclic) bond motifs is 1. The van der Waals surface area contributed by atoms with Gasteiger partial charge in [-0.25, -0.2) is 0 Å². The van der Waals surface area contributed by atoms with Crippen molar-refractivity contribution in [1.29, 1.82) is 0 Å². The molecular formula is C16H29N3O2. The third kappa shape index (κ3) is 3.23. The van der Waals surface area contributed by atoms with Crippen molar-refractivity contribution in [1.82, 2.24) is 14.7 Å². The largest absolute Gasteiger partial charge is 0.339 e. The molecule has 1 atom stereocenters. The van der Waals surface area contributed by atoms with E-state index in [1.807, 2.05) is 30.6 Å². The predicted molar refractivity (Wildman–Crippen MR) is 82.9 cm³/mol. The number of carbonyl (C=O) groups excluding carboxylic acids is 2. The van der Waals surface area contributed by atoms with E-state index in [2.05, 4.69) is 18.7 Å². The number of amides is 2. The highest BCUT2D eigenvalue weighted by molar-refractivity contribution is 5.81. The zero-order valence-electron chi connectivity index (χ0n) is 14.3. The first-order valence-electron chi connectivity index (χ1n) is 7.84. The van der Waals surface area contributed by atoms with Crippen LogP contribution < -0.4 is 0 Å². The van der Waals surface area contributed by atoms with Crippen molar-refractivity contribution in [2.45, 2.75) is 53.1 Å². The highest BCUT2D eigenvalue weighted by Crippen LogP contribution is 2.29. The lowest BCUT2D eigenvalue weighted by Crippen LogP contribution is -2.70. The Morgan fingerprint density at radius 3 is 2.14 bits per heavy atom. The van der Waals surface area contributed by atoms with Gasteiger partial charge in [0.25, 0.3) is 0 Å². The molecule has 120 valence electrons. The second kappa shape index (κ2) is 5.27.